The summed E-state index contributed by atoms with van der Waals surface area (Å²) in [5.74, 6) is 0.358. The van der Waals surface area contributed by atoms with Crippen LogP contribution in [0.15, 0.2) is 30.5 Å². The highest BCUT2D eigenvalue weighted by Gasteiger charge is 2.30. The maximum Gasteiger partial charge on any atom is 0.416 e. The van der Waals surface area contributed by atoms with Crippen LogP contribution in [-0.4, -0.2) is 21.5 Å². The number of halogens is 3. The van der Waals surface area contributed by atoms with Crippen molar-refractivity contribution in [1.82, 2.24) is 9.78 Å². The monoisotopic (exact) mass is 285 g/mol. The number of nitrogens with two attached hydrogens (primary N) is 1. The first-order valence-corrected chi connectivity index (χ1v) is 5.99. The van der Waals surface area contributed by atoms with E-state index in [1.165, 1.54) is 16.9 Å². The van der Waals surface area contributed by atoms with Crippen LogP contribution in [-0.2, 0) is 19.1 Å². The van der Waals surface area contributed by atoms with Gasteiger partial charge in [0.2, 0.25) is 0 Å². The number of nitrogen functional groups attached to an aromatic ring is 1. The molecule has 7 heteroatoms. The SMILES string of the molecule is Nc1c(CCO)cnn1Cc1cccc(C(F)(F)F)c1. The first-order valence-electron chi connectivity index (χ1n) is 5.99. The van der Waals surface area contributed by atoms with Gasteiger partial charge < -0.3 is 10.8 Å². The topological polar surface area (TPSA) is 64.1 Å². The Morgan fingerprint density at radius 1 is 1.30 bits per heavy atom. The van der Waals surface area contributed by atoms with Gasteiger partial charge in [-0.15, -0.1) is 0 Å². The van der Waals surface area contributed by atoms with E-state index in [0.29, 0.717) is 23.4 Å². The zero-order valence-corrected chi connectivity index (χ0v) is 10.6. The summed E-state index contributed by atoms with van der Waals surface area (Å²) in [4.78, 5) is 0. The molecule has 0 fully saturated rings. The Hall–Kier alpha value is -2.02. The minimum absolute atomic E-state index is 0.0561. The number of hydrogen-bond acceptors (Lipinski definition) is 3. The minimum Gasteiger partial charge on any atom is -0.396 e. The molecule has 0 aliphatic carbocycles. The van der Waals surface area contributed by atoms with Crippen molar-refractivity contribution >= 4 is 5.82 Å². The summed E-state index contributed by atoms with van der Waals surface area (Å²) >= 11 is 0. The molecule has 0 unspecified atom stereocenters. The molecule has 108 valence electrons. The van der Waals surface area contributed by atoms with Crippen LogP contribution in [0.2, 0.25) is 0 Å². The summed E-state index contributed by atoms with van der Waals surface area (Å²) in [5.41, 5.74) is 6.27. The number of anilines is 1. The zero-order valence-electron chi connectivity index (χ0n) is 10.6. The molecule has 0 aliphatic rings. The van der Waals surface area contributed by atoms with Crippen molar-refractivity contribution in [3.05, 3.63) is 47.2 Å². The fourth-order valence-corrected chi connectivity index (χ4v) is 1.89. The Morgan fingerprint density at radius 3 is 2.70 bits per heavy atom. The predicted molar refractivity (Wildman–Crippen MR) is 68.0 cm³/mol. The summed E-state index contributed by atoms with van der Waals surface area (Å²) in [6, 6.07) is 5.04. The first-order chi connectivity index (χ1) is 9.41. The molecule has 4 nitrogen and oxygen atoms in total. The average molecular weight is 285 g/mol. The Morgan fingerprint density at radius 2 is 2.05 bits per heavy atom. The molecule has 2 rings (SSSR count). The van der Waals surface area contributed by atoms with E-state index in [1.807, 2.05) is 0 Å². The van der Waals surface area contributed by atoms with Crippen molar-refractivity contribution in [2.75, 3.05) is 12.3 Å². The van der Waals surface area contributed by atoms with E-state index in [0.717, 1.165) is 12.1 Å². The molecule has 20 heavy (non-hydrogen) atoms. The van der Waals surface area contributed by atoms with E-state index in [4.69, 9.17) is 10.8 Å². The third kappa shape index (κ3) is 3.11. The number of aromatic nitrogens is 2. The van der Waals surface area contributed by atoms with E-state index in [9.17, 15) is 13.2 Å². The number of benzene rings is 1. The Balaban J connectivity index is 2.22. The lowest BCUT2D eigenvalue weighted by Crippen LogP contribution is -2.09. The van der Waals surface area contributed by atoms with Crippen LogP contribution in [0.3, 0.4) is 0 Å². The number of alkyl halides is 3. The fourth-order valence-electron chi connectivity index (χ4n) is 1.89. The molecular formula is C13H14F3N3O. The van der Waals surface area contributed by atoms with Crippen molar-refractivity contribution in [1.29, 1.82) is 0 Å². The number of hydrogen-bond donors (Lipinski definition) is 2. The largest absolute Gasteiger partial charge is 0.416 e. The van der Waals surface area contributed by atoms with Gasteiger partial charge in [-0.1, -0.05) is 12.1 Å². The Kier molecular flexibility index (Phi) is 3.99. The normalized spacial score (nSPS) is 11.8. The second-order valence-corrected chi connectivity index (χ2v) is 4.38. The van der Waals surface area contributed by atoms with Crippen molar-refractivity contribution in [2.45, 2.75) is 19.1 Å². The van der Waals surface area contributed by atoms with Gasteiger partial charge >= 0.3 is 6.18 Å². The van der Waals surface area contributed by atoms with Gasteiger partial charge in [0.05, 0.1) is 18.3 Å². The number of aliphatic hydroxyl groups excluding tert-OH is 1. The number of nitrogens with zero attached hydrogens (tertiary/aromatic N) is 2. The van der Waals surface area contributed by atoms with Crippen LogP contribution < -0.4 is 5.73 Å². The highest BCUT2D eigenvalue weighted by atomic mass is 19.4. The highest BCUT2D eigenvalue weighted by molar-refractivity contribution is 5.39. The Labute approximate surface area is 113 Å². The minimum atomic E-state index is -4.37. The molecule has 0 bridgehead atoms. The van der Waals surface area contributed by atoms with Crippen molar-refractivity contribution in [3.63, 3.8) is 0 Å². The van der Waals surface area contributed by atoms with E-state index in [1.54, 1.807) is 6.07 Å². The standard InChI is InChI=1S/C13H14F3N3O/c14-13(15,16)11-3-1-2-9(6-11)8-19-12(17)10(4-5-20)7-18-19/h1-3,6-7,20H,4-5,8,17H2. The third-order valence-corrected chi connectivity index (χ3v) is 2.93. The fraction of sp³-hybridized carbons (Fsp3) is 0.308. The lowest BCUT2D eigenvalue weighted by molar-refractivity contribution is -0.137. The molecular weight excluding hydrogens is 271 g/mol. The molecule has 0 aliphatic heterocycles. The predicted octanol–water partition coefficient (Wildman–Crippen LogP) is 2.07. The van der Waals surface area contributed by atoms with Gasteiger partial charge in [-0.3, -0.25) is 0 Å². The average Bonchev–Trinajstić information content (AvgIpc) is 2.72. The lowest BCUT2D eigenvalue weighted by atomic mass is 10.1. The maximum atomic E-state index is 12.6. The smallest absolute Gasteiger partial charge is 0.396 e. The maximum absolute atomic E-state index is 12.6. The van der Waals surface area contributed by atoms with Crippen LogP contribution in [0.5, 0.6) is 0 Å². The van der Waals surface area contributed by atoms with Gasteiger partial charge in [0.15, 0.2) is 0 Å². The molecule has 1 aromatic heterocycles. The molecule has 0 saturated carbocycles. The molecule has 3 N–H and O–H groups in total. The van der Waals surface area contributed by atoms with E-state index in [-0.39, 0.29) is 13.2 Å². The summed E-state index contributed by atoms with van der Waals surface area (Å²) in [5, 5.41) is 12.9. The van der Waals surface area contributed by atoms with Crippen LogP contribution in [0.1, 0.15) is 16.7 Å². The van der Waals surface area contributed by atoms with Crippen molar-refractivity contribution in [2.24, 2.45) is 0 Å². The van der Waals surface area contributed by atoms with Crippen molar-refractivity contribution < 1.29 is 18.3 Å². The summed E-state index contributed by atoms with van der Waals surface area (Å²) in [7, 11) is 0. The molecule has 1 heterocycles. The first kappa shape index (κ1) is 14.4. The second kappa shape index (κ2) is 5.54. The van der Waals surface area contributed by atoms with Gasteiger partial charge in [0.1, 0.15) is 5.82 Å². The quantitative estimate of drug-likeness (QED) is 0.904. The molecule has 0 radical (unpaired) electrons. The van der Waals surface area contributed by atoms with Crippen LogP contribution in [0.25, 0.3) is 0 Å². The highest BCUT2D eigenvalue weighted by Crippen LogP contribution is 2.29. The van der Waals surface area contributed by atoms with Gasteiger partial charge in [0.25, 0.3) is 0 Å². The van der Waals surface area contributed by atoms with E-state index in [2.05, 4.69) is 5.10 Å². The van der Waals surface area contributed by atoms with Gasteiger partial charge in [0, 0.05) is 18.6 Å². The third-order valence-electron chi connectivity index (χ3n) is 2.93. The van der Waals surface area contributed by atoms with Gasteiger partial charge in [-0.05, 0) is 17.7 Å². The van der Waals surface area contributed by atoms with Crippen LogP contribution >= 0.6 is 0 Å². The Bertz CT molecular complexity index is 593. The molecule has 1 aromatic carbocycles. The summed E-state index contributed by atoms with van der Waals surface area (Å²) in [6.07, 6.45) is -2.48. The molecule has 0 spiro atoms. The summed E-state index contributed by atoms with van der Waals surface area (Å²) in [6.45, 7) is 0.0979. The van der Waals surface area contributed by atoms with E-state index < -0.39 is 11.7 Å². The van der Waals surface area contributed by atoms with Gasteiger partial charge in [-0.25, -0.2) is 4.68 Å². The number of rotatable bonds is 4. The van der Waals surface area contributed by atoms with Crippen LogP contribution in [0.4, 0.5) is 19.0 Å². The van der Waals surface area contributed by atoms with E-state index >= 15 is 0 Å². The number of aliphatic hydroxyl groups is 1. The second-order valence-electron chi connectivity index (χ2n) is 4.38. The van der Waals surface area contributed by atoms with Gasteiger partial charge in [-0.2, -0.15) is 18.3 Å². The molecule has 2 aromatic rings. The zero-order chi connectivity index (χ0) is 14.8. The molecule has 0 amide bonds. The molecule has 0 saturated heterocycles. The van der Waals surface area contributed by atoms with Crippen molar-refractivity contribution in [3.8, 4) is 0 Å². The summed E-state index contributed by atoms with van der Waals surface area (Å²) < 4.78 is 39.3. The van der Waals surface area contributed by atoms with Crippen LogP contribution in [0, 0.1) is 0 Å². The molecule has 0 atom stereocenters. The lowest BCUT2D eigenvalue weighted by Gasteiger charge is -2.09.